The molecule has 1 atom stereocenters. The summed E-state index contributed by atoms with van der Waals surface area (Å²) in [7, 11) is 0. The SMILES string of the molecule is CCCCCCC#CC(c1ccccc1)N(CCc1cccc(Cl)c1)C(=O)C(=O)OCC. The Labute approximate surface area is 196 Å². The molecule has 0 N–H and O–H groups in total. The van der Waals surface area contributed by atoms with E-state index in [1.165, 1.54) is 17.7 Å². The number of rotatable bonds is 10. The van der Waals surface area contributed by atoms with E-state index in [9.17, 15) is 9.59 Å². The fraction of sp³-hybridized carbons (Fsp3) is 0.407. The standard InChI is InChI=1S/C27H32ClNO3/c1-3-5-6-7-8-12-18-25(23-15-10-9-11-16-23)29(26(30)27(31)32-4-2)20-19-22-14-13-17-24(28)21-22/h9-11,13-17,21,25H,3-8,19-20H2,1-2H3. The number of carbonyl (C=O) groups is 2. The van der Waals surface area contributed by atoms with Gasteiger partial charge in [0.2, 0.25) is 0 Å². The van der Waals surface area contributed by atoms with Crippen LogP contribution in [0, 0.1) is 11.8 Å². The Hall–Kier alpha value is -2.77. The first kappa shape index (κ1) is 25.5. The van der Waals surface area contributed by atoms with Gasteiger partial charge in [-0.3, -0.25) is 4.79 Å². The van der Waals surface area contributed by atoms with Gasteiger partial charge in [0.25, 0.3) is 0 Å². The topological polar surface area (TPSA) is 46.6 Å². The zero-order valence-electron chi connectivity index (χ0n) is 19.0. The van der Waals surface area contributed by atoms with Crippen molar-refractivity contribution in [3.8, 4) is 11.8 Å². The lowest BCUT2D eigenvalue weighted by Crippen LogP contribution is -2.41. The average Bonchev–Trinajstić information content (AvgIpc) is 2.80. The van der Waals surface area contributed by atoms with Crippen molar-refractivity contribution < 1.29 is 14.3 Å². The molecule has 0 aliphatic rings. The number of esters is 1. The molecule has 0 spiro atoms. The third-order valence-electron chi connectivity index (χ3n) is 5.06. The molecule has 0 heterocycles. The Kier molecular flexibility index (Phi) is 11.4. The first-order chi connectivity index (χ1) is 15.6. The lowest BCUT2D eigenvalue weighted by Gasteiger charge is -2.28. The molecule has 0 radical (unpaired) electrons. The van der Waals surface area contributed by atoms with E-state index in [0.29, 0.717) is 18.0 Å². The maximum atomic E-state index is 13.1. The first-order valence-electron chi connectivity index (χ1n) is 11.3. The zero-order valence-corrected chi connectivity index (χ0v) is 19.7. The average molecular weight is 454 g/mol. The summed E-state index contributed by atoms with van der Waals surface area (Å²) in [6.07, 6.45) is 5.84. The van der Waals surface area contributed by atoms with E-state index in [1.54, 1.807) is 6.92 Å². The van der Waals surface area contributed by atoms with Gasteiger partial charge >= 0.3 is 11.9 Å². The first-order valence-corrected chi connectivity index (χ1v) is 11.7. The highest BCUT2D eigenvalue weighted by Gasteiger charge is 2.29. The van der Waals surface area contributed by atoms with Crippen LogP contribution in [0.3, 0.4) is 0 Å². The van der Waals surface area contributed by atoms with Crippen LogP contribution in [0.5, 0.6) is 0 Å². The second-order valence-corrected chi connectivity index (χ2v) is 7.98. The quantitative estimate of drug-likeness (QED) is 0.192. The van der Waals surface area contributed by atoms with Crippen molar-refractivity contribution in [2.45, 2.75) is 58.4 Å². The minimum absolute atomic E-state index is 0.145. The summed E-state index contributed by atoms with van der Waals surface area (Å²) in [6, 6.07) is 16.6. The summed E-state index contributed by atoms with van der Waals surface area (Å²) < 4.78 is 5.01. The number of benzene rings is 2. The molecule has 0 aromatic heterocycles. The molecule has 4 nitrogen and oxygen atoms in total. The van der Waals surface area contributed by atoms with E-state index >= 15 is 0 Å². The van der Waals surface area contributed by atoms with E-state index in [4.69, 9.17) is 16.3 Å². The smallest absolute Gasteiger partial charge is 0.397 e. The number of ether oxygens (including phenoxy) is 1. The van der Waals surface area contributed by atoms with E-state index < -0.39 is 17.9 Å². The maximum absolute atomic E-state index is 13.1. The van der Waals surface area contributed by atoms with Crippen LogP contribution in [-0.2, 0) is 20.7 Å². The normalized spacial score (nSPS) is 11.2. The summed E-state index contributed by atoms with van der Waals surface area (Å²) >= 11 is 6.12. The summed E-state index contributed by atoms with van der Waals surface area (Å²) in [5, 5.41) is 0.636. The zero-order chi connectivity index (χ0) is 23.2. The van der Waals surface area contributed by atoms with Gasteiger partial charge < -0.3 is 9.64 Å². The van der Waals surface area contributed by atoms with Crippen molar-refractivity contribution in [1.29, 1.82) is 0 Å². The van der Waals surface area contributed by atoms with Crippen molar-refractivity contribution in [2.75, 3.05) is 13.2 Å². The molecule has 2 aromatic rings. The van der Waals surface area contributed by atoms with Gasteiger partial charge in [0, 0.05) is 18.0 Å². The second-order valence-electron chi connectivity index (χ2n) is 7.54. The van der Waals surface area contributed by atoms with Gasteiger partial charge in [0.15, 0.2) is 0 Å². The summed E-state index contributed by atoms with van der Waals surface area (Å²) in [5.74, 6) is 4.96. The van der Waals surface area contributed by atoms with Crippen LogP contribution in [-0.4, -0.2) is 29.9 Å². The van der Waals surface area contributed by atoms with Crippen LogP contribution in [0.2, 0.25) is 5.02 Å². The van der Waals surface area contributed by atoms with E-state index in [1.807, 2.05) is 54.6 Å². The number of unbranched alkanes of at least 4 members (excludes halogenated alkanes) is 4. The van der Waals surface area contributed by atoms with Crippen LogP contribution in [0.15, 0.2) is 54.6 Å². The molecule has 0 aliphatic carbocycles. The van der Waals surface area contributed by atoms with Gasteiger partial charge in [-0.2, -0.15) is 0 Å². The van der Waals surface area contributed by atoms with Gasteiger partial charge in [0.1, 0.15) is 6.04 Å². The van der Waals surface area contributed by atoms with E-state index in [2.05, 4.69) is 18.8 Å². The summed E-state index contributed by atoms with van der Waals surface area (Å²) in [5.41, 5.74) is 1.86. The Morgan fingerprint density at radius 3 is 2.50 bits per heavy atom. The van der Waals surface area contributed by atoms with Crippen molar-refractivity contribution in [2.24, 2.45) is 0 Å². The maximum Gasteiger partial charge on any atom is 0.397 e. The van der Waals surface area contributed by atoms with E-state index in [-0.39, 0.29) is 6.61 Å². The molecular weight excluding hydrogens is 422 g/mol. The molecule has 32 heavy (non-hydrogen) atoms. The second kappa shape index (κ2) is 14.3. The third kappa shape index (κ3) is 8.40. The Bertz CT molecular complexity index is 917. The molecule has 2 aromatic carbocycles. The van der Waals surface area contributed by atoms with E-state index in [0.717, 1.165) is 30.4 Å². The van der Waals surface area contributed by atoms with Crippen molar-refractivity contribution >= 4 is 23.5 Å². The fourth-order valence-corrected chi connectivity index (χ4v) is 3.60. The van der Waals surface area contributed by atoms with Crippen LogP contribution >= 0.6 is 11.6 Å². The molecule has 0 saturated carbocycles. The van der Waals surface area contributed by atoms with Crippen molar-refractivity contribution in [3.05, 3.63) is 70.7 Å². The largest absolute Gasteiger partial charge is 0.459 e. The predicted octanol–water partition coefficient (Wildman–Crippen LogP) is 5.99. The molecular formula is C27H32ClNO3. The van der Waals surface area contributed by atoms with Gasteiger partial charge in [0.05, 0.1) is 6.61 Å². The Morgan fingerprint density at radius 2 is 1.81 bits per heavy atom. The molecule has 170 valence electrons. The third-order valence-corrected chi connectivity index (χ3v) is 5.30. The fourth-order valence-electron chi connectivity index (χ4n) is 3.39. The van der Waals surface area contributed by atoms with Gasteiger partial charge in [-0.25, -0.2) is 4.79 Å². The highest BCUT2D eigenvalue weighted by atomic mass is 35.5. The lowest BCUT2D eigenvalue weighted by molar-refractivity contribution is -0.160. The van der Waals surface area contributed by atoms with Crippen LogP contribution < -0.4 is 0 Å². The number of halogens is 1. The van der Waals surface area contributed by atoms with Crippen LogP contribution in [0.4, 0.5) is 0 Å². The van der Waals surface area contributed by atoms with Crippen LogP contribution in [0.25, 0.3) is 0 Å². The highest BCUT2D eigenvalue weighted by Crippen LogP contribution is 2.22. The number of nitrogens with zero attached hydrogens (tertiary/aromatic N) is 1. The minimum atomic E-state index is -0.857. The van der Waals surface area contributed by atoms with Crippen molar-refractivity contribution in [1.82, 2.24) is 4.90 Å². The molecule has 1 unspecified atom stereocenters. The van der Waals surface area contributed by atoms with Gasteiger partial charge in [-0.05, 0) is 43.0 Å². The lowest BCUT2D eigenvalue weighted by atomic mass is 10.0. The van der Waals surface area contributed by atoms with Gasteiger partial charge in [-0.15, -0.1) is 5.92 Å². The molecule has 0 fully saturated rings. The molecule has 0 bridgehead atoms. The monoisotopic (exact) mass is 453 g/mol. The number of hydrogen-bond acceptors (Lipinski definition) is 3. The molecule has 2 rings (SSSR count). The Morgan fingerprint density at radius 1 is 1.03 bits per heavy atom. The minimum Gasteiger partial charge on any atom is -0.459 e. The molecule has 1 amide bonds. The number of carbonyl (C=O) groups excluding carboxylic acids is 2. The summed E-state index contributed by atoms with van der Waals surface area (Å²) in [4.78, 5) is 26.9. The van der Waals surface area contributed by atoms with Crippen molar-refractivity contribution in [3.63, 3.8) is 0 Å². The molecule has 5 heteroatoms. The Balaban J connectivity index is 2.30. The highest BCUT2D eigenvalue weighted by molar-refractivity contribution is 6.32. The molecule has 0 saturated heterocycles. The predicted molar refractivity (Wildman–Crippen MR) is 129 cm³/mol. The van der Waals surface area contributed by atoms with Crippen LogP contribution in [0.1, 0.15) is 63.1 Å². The van der Waals surface area contributed by atoms with Gasteiger partial charge in [-0.1, -0.05) is 86.2 Å². The molecule has 0 aliphatic heterocycles. The number of amides is 1. The summed E-state index contributed by atoms with van der Waals surface area (Å²) in [6.45, 7) is 4.33. The number of hydrogen-bond donors (Lipinski definition) is 0.